The van der Waals surface area contributed by atoms with E-state index in [-0.39, 0.29) is 35.6 Å². The van der Waals surface area contributed by atoms with Gasteiger partial charge in [-0.2, -0.15) is 13.2 Å². The average Bonchev–Trinajstić information content (AvgIpc) is 3.44. The molecule has 0 aliphatic heterocycles. The zero-order valence-corrected chi connectivity index (χ0v) is 21.6. The first-order chi connectivity index (χ1) is 18.7. The third-order valence-corrected chi connectivity index (χ3v) is 5.39. The number of carbonyl (C=O) groups is 1. The van der Waals surface area contributed by atoms with Crippen LogP contribution in [0.25, 0.3) is 22.4 Å². The van der Waals surface area contributed by atoms with E-state index in [1.807, 2.05) is 0 Å². The van der Waals surface area contributed by atoms with E-state index in [4.69, 9.17) is 9.52 Å². The smallest absolute Gasteiger partial charge is 0.433 e. The lowest BCUT2D eigenvalue weighted by Crippen LogP contribution is -2.78. The van der Waals surface area contributed by atoms with Crippen LogP contribution in [0, 0.1) is 5.82 Å². The van der Waals surface area contributed by atoms with Gasteiger partial charge in [0.2, 0.25) is 5.89 Å². The molecule has 0 atom stereocenters. The van der Waals surface area contributed by atoms with Gasteiger partial charge in [-0.15, -0.1) is 0 Å². The maximum Gasteiger partial charge on any atom is 0.433 e. The van der Waals surface area contributed by atoms with E-state index in [1.165, 1.54) is 36.9 Å². The number of pyridine rings is 1. The number of rotatable bonds is 7. The maximum atomic E-state index is 13.2. The van der Waals surface area contributed by atoms with Crippen molar-refractivity contribution in [1.82, 2.24) is 15.3 Å². The molecule has 210 valence electrons. The molecule has 1 amide bonds. The number of amides is 1. The molecule has 7 nitrogen and oxygen atoms in total. The summed E-state index contributed by atoms with van der Waals surface area (Å²) in [5, 5.41) is 12.1. The largest absolute Gasteiger partial charge is 0.444 e. The average molecular weight is 554 g/mol. The lowest BCUT2D eigenvalue weighted by atomic mass is 10.1. The Morgan fingerprint density at radius 2 is 1.79 bits per heavy atom. The summed E-state index contributed by atoms with van der Waals surface area (Å²) < 4.78 is 70.4. The molecular weight excluding hydrogens is 523 g/mol. The zero-order chi connectivity index (χ0) is 29.0. The normalized spacial score (nSPS) is 10.8. The predicted molar refractivity (Wildman–Crippen MR) is 136 cm³/mol. The Morgan fingerprint density at radius 3 is 2.44 bits per heavy atom. The Hall–Kier alpha value is -3.90. The molecule has 0 spiro atoms. The van der Waals surface area contributed by atoms with Gasteiger partial charge >= 0.3 is 6.18 Å². The molecule has 0 bridgehead atoms. The molecule has 4 N–H and O–H groups in total. The lowest BCUT2D eigenvalue weighted by molar-refractivity contribution is -0.623. The number of alkyl halides is 4. The SMILES string of the molecule is CC[NH2+]C.CO.O=C(NCCc1ccc(F)cc1CF)c1coc(-c2cccc3nc(C(F)(F)F)ccc23)n1. The molecule has 0 aliphatic carbocycles. The molecule has 2 aromatic heterocycles. The van der Waals surface area contributed by atoms with Gasteiger partial charge in [-0.1, -0.05) is 12.1 Å². The summed E-state index contributed by atoms with van der Waals surface area (Å²) in [6, 6.07) is 10.5. The van der Waals surface area contributed by atoms with Crippen molar-refractivity contribution in [2.45, 2.75) is 26.2 Å². The van der Waals surface area contributed by atoms with E-state index in [0.29, 0.717) is 16.5 Å². The van der Waals surface area contributed by atoms with E-state index < -0.39 is 30.3 Å². The van der Waals surface area contributed by atoms with Crippen LogP contribution in [0.15, 0.2) is 59.2 Å². The first-order valence-corrected chi connectivity index (χ1v) is 11.9. The highest BCUT2D eigenvalue weighted by molar-refractivity contribution is 5.95. The van der Waals surface area contributed by atoms with Crippen molar-refractivity contribution in [1.29, 1.82) is 0 Å². The summed E-state index contributed by atoms with van der Waals surface area (Å²) in [6.45, 7) is 2.65. The number of nitrogens with one attached hydrogen (secondary N) is 1. The molecule has 4 rings (SSSR count). The van der Waals surface area contributed by atoms with Crippen LogP contribution in [0.4, 0.5) is 22.0 Å². The van der Waals surface area contributed by atoms with E-state index in [2.05, 4.69) is 34.6 Å². The van der Waals surface area contributed by atoms with Crippen LogP contribution in [0.1, 0.15) is 34.2 Å². The summed E-state index contributed by atoms with van der Waals surface area (Å²) >= 11 is 0. The summed E-state index contributed by atoms with van der Waals surface area (Å²) in [5.74, 6) is -1.04. The van der Waals surface area contributed by atoms with Crippen molar-refractivity contribution >= 4 is 16.8 Å². The molecule has 0 saturated heterocycles. The fraction of sp³-hybridized carbons (Fsp3) is 0.296. The highest BCUT2D eigenvalue weighted by Gasteiger charge is 2.32. The van der Waals surface area contributed by atoms with Crippen molar-refractivity contribution < 1.29 is 41.6 Å². The fourth-order valence-corrected chi connectivity index (χ4v) is 3.37. The number of aromatic nitrogens is 2. The number of fused-ring (bicyclic) bond motifs is 1. The zero-order valence-electron chi connectivity index (χ0n) is 21.6. The maximum absolute atomic E-state index is 13.2. The predicted octanol–water partition coefficient (Wildman–Crippen LogP) is 4.30. The number of aliphatic hydroxyl groups is 1. The number of nitrogens with zero attached hydrogens (tertiary/aromatic N) is 2. The van der Waals surface area contributed by atoms with Crippen molar-refractivity contribution in [2.24, 2.45) is 0 Å². The van der Waals surface area contributed by atoms with E-state index in [9.17, 15) is 26.7 Å². The topological polar surface area (TPSA) is 105 Å². The Balaban J connectivity index is 0.000000815. The fourth-order valence-electron chi connectivity index (χ4n) is 3.37. The number of hydrogen-bond donors (Lipinski definition) is 3. The van der Waals surface area contributed by atoms with Crippen LogP contribution in [-0.2, 0) is 19.3 Å². The van der Waals surface area contributed by atoms with Gasteiger partial charge in [-0.05, 0) is 60.9 Å². The summed E-state index contributed by atoms with van der Waals surface area (Å²) in [4.78, 5) is 20.2. The molecule has 0 radical (unpaired) electrons. The molecule has 2 aromatic carbocycles. The number of benzene rings is 2. The second-order valence-corrected chi connectivity index (χ2v) is 7.97. The molecular formula is C27H30F5N4O3+. The Kier molecular flexibility index (Phi) is 12.0. The third-order valence-electron chi connectivity index (χ3n) is 5.39. The van der Waals surface area contributed by atoms with Gasteiger partial charge in [0.15, 0.2) is 5.69 Å². The van der Waals surface area contributed by atoms with Crippen LogP contribution in [0.2, 0.25) is 0 Å². The molecule has 0 fully saturated rings. The van der Waals surface area contributed by atoms with Crippen molar-refractivity contribution in [3.05, 3.63) is 83.1 Å². The minimum absolute atomic E-state index is 0.0355. The van der Waals surface area contributed by atoms with Crippen LogP contribution >= 0.6 is 0 Å². The van der Waals surface area contributed by atoms with Gasteiger partial charge in [0.25, 0.3) is 5.91 Å². The number of hydrogen-bond acceptors (Lipinski definition) is 5. The number of halogens is 5. The summed E-state index contributed by atoms with van der Waals surface area (Å²) in [6.07, 6.45) is -3.16. The monoisotopic (exact) mass is 553 g/mol. The molecule has 2 heterocycles. The summed E-state index contributed by atoms with van der Waals surface area (Å²) in [5.41, 5.74) is 0.220. The van der Waals surface area contributed by atoms with Crippen LogP contribution < -0.4 is 10.6 Å². The second-order valence-electron chi connectivity index (χ2n) is 7.97. The van der Waals surface area contributed by atoms with E-state index >= 15 is 0 Å². The number of oxazole rings is 1. The van der Waals surface area contributed by atoms with Crippen molar-refractivity contribution in [3.63, 3.8) is 0 Å². The van der Waals surface area contributed by atoms with E-state index in [1.54, 1.807) is 6.07 Å². The quantitative estimate of drug-likeness (QED) is 0.296. The second kappa shape index (κ2) is 14.9. The first-order valence-electron chi connectivity index (χ1n) is 11.9. The molecule has 0 aliphatic rings. The van der Waals surface area contributed by atoms with Gasteiger partial charge < -0.3 is 20.2 Å². The standard InChI is InChI=1S/C23H16F5N3O2.C3H9N.CH4O/c24-11-14-10-15(25)5-4-13(14)8-9-29-21(32)19-12-33-22(31-19)17-2-1-3-18-16(17)6-7-20(30-18)23(26,27)28;1-3-4-2;1-2/h1-7,10,12H,8-9,11H2,(H,29,32);4H,3H2,1-2H3;2H,1H3/p+1. The lowest BCUT2D eigenvalue weighted by Gasteiger charge is -2.08. The number of carbonyl (C=O) groups excluding carboxylic acids is 1. The Labute approximate surface area is 222 Å². The summed E-state index contributed by atoms with van der Waals surface area (Å²) in [7, 11) is 3.06. The molecule has 12 heteroatoms. The Bertz CT molecular complexity index is 1360. The molecule has 0 saturated carbocycles. The minimum Gasteiger partial charge on any atom is -0.444 e. The van der Waals surface area contributed by atoms with Gasteiger partial charge in [-0.25, -0.2) is 18.7 Å². The highest BCUT2D eigenvalue weighted by Crippen LogP contribution is 2.32. The highest BCUT2D eigenvalue weighted by atomic mass is 19.4. The van der Waals surface area contributed by atoms with Gasteiger partial charge in [0.05, 0.1) is 19.1 Å². The van der Waals surface area contributed by atoms with Gasteiger partial charge in [0.1, 0.15) is 24.4 Å². The van der Waals surface area contributed by atoms with Crippen molar-refractivity contribution in [3.8, 4) is 11.5 Å². The van der Waals surface area contributed by atoms with Crippen molar-refractivity contribution in [2.75, 3.05) is 27.2 Å². The first kappa shape index (κ1) is 31.3. The Morgan fingerprint density at radius 1 is 1.08 bits per heavy atom. The molecule has 0 unspecified atom stereocenters. The molecule has 39 heavy (non-hydrogen) atoms. The van der Waals surface area contributed by atoms with E-state index in [0.717, 1.165) is 25.5 Å². The van der Waals surface area contributed by atoms with Crippen LogP contribution in [0.5, 0.6) is 0 Å². The van der Waals surface area contributed by atoms with Gasteiger partial charge in [0, 0.05) is 24.6 Å². The third kappa shape index (κ3) is 8.55. The number of quaternary nitrogens is 1. The number of aliphatic hydroxyl groups excluding tert-OH is 1. The number of nitrogens with two attached hydrogens (primary N) is 1. The molecule has 4 aromatic rings. The van der Waals surface area contributed by atoms with Crippen LogP contribution in [0.3, 0.4) is 0 Å². The van der Waals surface area contributed by atoms with Crippen LogP contribution in [-0.4, -0.2) is 48.2 Å². The minimum atomic E-state index is -4.57. The van der Waals surface area contributed by atoms with Gasteiger partial charge in [-0.3, -0.25) is 4.79 Å².